The molecule has 1 amide bonds. The van der Waals surface area contributed by atoms with E-state index >= 15 is 0 Å². The average Bonchev–Trinajstić information content (AvgIpc) is 3.32. The lowest BCUT2D eigenvalue weighted by Gasteiger charge is -2.08. The Labute approximate surface area is 143 Å². The minimum absolute atomic E-state index is 0.0663. The molecule has 6 heteroatoms. The molecule has 0 spiro atoms. The highest BCUT2D eigenvalue weighted by atomic mass is 16.4. The number of fused-ring (bicyclic) bond motifs is 1. The largest absolute Gasteiger partial charge is 0.464 e. The molecular weight excluding hydrogens is 318 g/mol. The van der Waals surface area contributed by atoms with E-state index in [9.17, 15) is 4.79 Å². The number of nitrogens with two attached hydrogens (primary N) is 1. The second-order valence-electron chi connectivity index (χ2n) is 5.57. The van der Waals surface area contributed by atoms with E-state index in [0.717, 1.165) is 22.5 Å². The summed E-state index contributed by atoms with van der Waals surface area (Å²) in [6.45, 7) is 0. The second kappa shape index (κ2) is 6.26. The molecule has 4 rings (SSSR count). The normalized spacial score (nSPS) is 10.9. The minimum Gasteiger partial charge on any atom is -0.464 e. The van der Waals surface area contributed by atoms with Crippen molar-refractivity contribution in [3.8, 4) is 11.3 Å². The molecule has 0 unspecified atom stereocenters. The highest BCUT2D eigenvalue weighted by Gasteiger charge is 2.19. The third-order valence-electron chi connectivity index (χ3n) is 4.00. The Morgan fingerprint density at radius 3 is 2.64 bits per heavy atom. The molecule has 0 saturated carbocycles. The molecule has 3 N–H and O–H groups in total. The van der Waals surface area contributed by atoms with Crippen LogP contribution in [0.2, 0.25) is 0 Å². The molecule has 2 aromatic carbocycles. The van der Waals surface area contributed by atoms with Crippen LogP contribution >= 0.6 is 0 Å². The van der Waals surface area contributed by atoms with Gasteiger partial charge in [-0.25, -0.2) is 10.8 Å². The zero-order chi connectivity index (χ0) is 17.2. The van der Waals surface area contributed by atoms with Gasteiger partial charge in [-0.2, -0.15) is 0 Å². The van der Waals surface area contributed by atoms with Gasteiger partial charge in [0.15, 0.2) is 5.58 Å². The van der Waals surface area contributed by atoms with E-state index < -0.39 is 5.91 Å². The number of nitrogens with zero attached hydrogens (tertiary/aromatic N) is 1. The number of furan rings is 1. The van der Waals surface area contributed by atoms with Crippen LogP contribution in [0.4, 0.5) is 0 Å². The molecule has 25 heavy (non-hydrogen) atoms. The fourth-order valence-corrected chi connectivity index (χ4v) is 2.85. The summed E-state index contributed by atoms with van der Waals surface area (Å²) in [5.41, 5.74) is 6.15. The van der Waals surface area contributed by atoms with Crippen molar-refractivity contribution in [2.75, 3.05) is 0 Å². The highest BCUT2D eigenvalue weighted by molar-refractivity contribution is 5.94. The van der Waals surface area contributed by atoms with E-state index in [0.29, 0.717) is 17.5 Å². The number of hydrogen-bond donors (Lipinski definition) is 2. The summed E-state index contributed by atoms with van der Waals surface area (Å²) in [4.78, 5) is 16.1. The zero-order valence-electron chi connectivity index (χ0n) is 13.2. The number of carbonyl (C=O) groups excluding carboxylic acids is 1. The van der Waals surface area contributed by atoms with Crippen LogP contribution in [0.5, 0.6) is 0 Å². The molecule has 0 aliphatic rings. The molecule has 0 bridgehead atoms. The average molecular weight is 333 g/mol. The van der Waals surface area contributed by atoms with Crippen LogP contribution in [0.3, 0.4) is 0 Å². The Hall–Kier alpha value is -3.38. The first-order valence-corrected chi connectivity index (χ1v) is 7.77. The van der Waals surface area contributed by atoms with Gasteiger partial charge in [0.2, 0.25) is 0 Å². The Kier molecular flexibility index (Phi) is 3.80. The van der Waals surface area contributed by atoms with Crippen molar-refractivity contribution in [2.45, 2.75) is 6.42 Å². The van der Waals surface area contributed by atoms with Gasteiger partial charge >= 0.3 is 5.91 Å². The predicted octanol–water partition coefficient (Wildman–Crippen LogP) is 3.28. The van der Waals surface area contributed by atoms with Crippen LogP contribution < -0.4 is 11.3 Å². The maximum Gasteiger partial charge on any atom is 0.321 e. The van der Waals surface area contributed by atoms with Gasteiger partial charge in [-0.05, 0) is 35.4 Å². The molecule has 0 fully saturated rings. The third-order valence-corrected chi connectivity index (χ3v) is 4.00. The first-order chi connectivity index (χ1) is 12.3. The van der Waals surface area contributed by atoms with E-state index in [4.69, 9.17) is 14.7 Å². The topological polar surface area (TPSA) is 94.3 Å². The molecule has 2 aromatic heterocycles. The Morgan fingerprint density at radius 2 is 1.92 bits per heavy atom. The molecule has 0 aliphatic carbocycles. The number of benzene rings is 2. The summed E-state index contributed by atoms with van der Waals surface area (Å²) < 4.78 is 11.1. The molecule has 0 aliphatic heterocycles. The van der Waals surface area contributed by atoms with Gasteiger partial charge in [0.1, 0.15) is 11.3 Å². The van der Waals surface area contributed by atoms with Crippen LogP contribution in [0.15, 0.2) is 69.7 Å². The van der Waals surface area contributed by atoms with Crippen molar-refractivity contribution in [3.05, 3.63) is 77.9 Å². The third kappa shape index (κ3) is 2.79. The van der Waals surface area contributed by atoms with E-state index in [1.54, 1.807) is 12.3 Å². The van der Waals surface area contributed by atoms with E-state index in [-0.39, 0.29) is 5.89 Å². The van der Waals surface area contributed by atoms with Gasteiger partial charge < -0.3 is 8.83 Å². The lowest BCUT2D eigenvalue weighted by Crippen LogP contribution is -2.30. The molecule has 0 atom stereocenters. The number of rotatable bonds is 4. The molecule has 0 radical (unpaired) electrons. The van der Waals surface area contributed by atoms with E-state index in [2.05, 4.69) is 4.98 Å². The summed E-state index contributed by atoms with van der Waals surface area (Å²) in [7, 11) is 0. The maximum atomic E-state index is 11.8. The van der Waals surface area contributed by atoms with Crippen LogP contribution in [0, 0.1) is 0 Å². The van der Waals surface area contributed by atoms with Crippen molar-refractivity contribution in [2.24, 2.45) is 5.84 Å². The van der Waals surface area contributed by atoms with Gasteiger partial charge in [0.05, 0.1) is 6.26 Å². The smallest absolute Gasteiger partial charge is 0.321 e. The summed E-state index contributed by atoms with van der Waals surface area (Å²) >= 11 is 0. The van der Waals surface area contributed by atoms with Crippen LogP contribution in [-0.4, -0.2) is 10.9 Å². The number of nitrogens with one attached hydrogen (secondary N) is 1. The Bertz CT molecular complexity index is 1020. The second-order valence-corrected chi connectivity index (χ2v) is 5.57. The molecule has 4 aromatic rings. The molecule has 2 heterocycles. The number of oxazole rings is 1. The Balaban J connectivity index is 1.91. The number of hydrazine groups is 1. The lowest BCUT2D eigenvalue weighted by atomic mass is 9.97. The number of amides is 1. The monoisotopic (exact) mass is 333 g/mol. The van der Waals surface area contributed by atoms with E-state index in [1.807, 2.05) is 54.0 Å². The van der Waals surface area contributed by atoms with Crippen molar-refractivity contribution >= 4 is 17.0 Å². The van der Waals surface area contributed by atoms with Crippen molar-refractivity contribution < 1.29 is 13.6 Å². The number of nitrogen functional groups attached to an aromatic ring is 1. The lowest BCUT2D eigenvalue weighted by molar-refractivity contribution is 0.0921. The van der Waals surface area contributed by atoms with Crippen LogP contribution in [-0.2, 0) is 6.42 Å². The number of hydrogen-bond acceptors (Lipinski definition) is 5. The summed E-state index contributed by atoms with van der Waals surface area (Å²) in [5, 5.41) is 0. The minimum atomic E-state index is -0.568. The molecule has 0 saturated heterocycles. The fraction of sp³-hybridized carbons (Fsp3) is 0.0526. The van der Waals surface area contributed by atoms with Crippen LogP contribution in [0.25, 0.3) is 22.4 Å². The standard InChI is InChI=1S/C19H15N3O3/c20-22-18(23)19-21-17-14(11-12-5-2-1-3-6-12)13(8-9-16(17)25-19)15-7-4-10-24-15/h1-10H,11,20H2,(H,22,23). The predicted molar refractivity (Wildman–Crippen MR) is 92.6 cm³/mol. The first-order valence-electron chi connectivity index (χ1n) is 7.77. The fourth-order valence-electron chi connectivity index (χ4n) is 2.85. The zero-order valence-corrected chi connectivity index (χ0v) is 13.2. The molecule has 6 nitrogen and oxygen atoms in total. The number of carbonyl (C=O) groups is 1. The van der Waals surface area contributed by atoms with Gasteiger partial charge in [0, 0.05) is 12.0 Å². The van der Waals surface area contributed by atoms with Crippen molar-refractivity contribution in [1.29, 1.82) is 0 Å². The van der Waals surface area contributed by atoms with Crippen molar-refractivity contribution in [1.82, 2.24) is 10.4 Å². The highest BCUT2D eigenvalue weighted by Crippen LogP contribution is 2.32. The van der Waals surface area contributed by atoms with Crippen LogP contribution in [0.1, 0.15) is 21.8 Å². The maximum absolute atomic E-state index is 11.8. The van der Waals surface area contributed by atoms with Gasteiger partial charge in [-0.1, -0.05) is 30.3 Å². The summed E-state index contributed by atoms with van der Waals surface area (Å²) in [6, 6.07) is 17.4. The Morgan fingerprint density at radius 1 is 1.08 bits per heavy atom. The quantitative estimate of drug-likeness (QED) is 0.339. The number of aromatic nitrogens is 1. The van der Waals surface area contributed by atoms with Gasteiger partial charge in [0.25, 0.3) is 5.89 Å². The summed E-state index contributed by atoms with van der Waals surface area (Å²) in [5.74, 6) is 5.28. The van der Waals surface area contributed by atoms with Gasteiger partial charge in [-0.3, -0.25) is 10.2 Å². The SMILES string of the molecule is NNC(=O)c1nc2c(Cc3ccccc3)c(-c3ccco3)ccc2o1. The van der Waals surface area contributed by atoms with Crippen molar-refractivity contribution in [3.63, 3.8) is 0 Å². The van der Waals surface area contributed by atoms with Gasteiger partial charge in [-0.15, -0.1) is 0 Å². The first kappa shape index (κ1) is 15.2. The molecular formula is C19H15N3O3. The summed E-state index contributed by atoms with van der Waals surface area (Å²) in [6.07, 6.45) is 2.26. The van der Waals surface area contributed by atoms with E-state index in [1.165, 1.54) is 0 Å². The molecule has 124 valence electrons.